The number of hydrogen-bond donors (Lipinski definition) is 1. The zero-order valence-electron chi connectivity index (χ0n) is 14.1. The van der Waals surface area contributed by atoms with Crippen molar-refractivity contribution in [1.29, 1.82) is 5.26 Å². The predicted molar refractivity (Wildman–Crippen MR) is 95.5 cm³/mol. The summed E-state index contributed by atoms with van der Waals surface area (Å²) in [5.41, 5.74) is 6.85. The van der Waals surface area contributed by atoms with Gasteiger partial charge in [0, 0.05) is 13.1 Å². The number of thioether (sulfide) groups is 1. The van der Waals surface area contributed by atoms with Crippen molar-refractivity contribution in [2.24, 2.45) is 0 Å². The number of carbonyl (C=O) groups excluding carboxylic acids is 1. The molecule has 1 aliphatic rings. The van der Waals surface area contributed by atoms with Crippen LogP contribution in [0.4, 0.5) is 5.82 Å². The van der Waals surface area contributed by atoms with Crippen molar-refractivity contribution < 1.29 is 14.3 Å². The van der Waals surface area contributed by atoms with E-state index in [0.717, 1.165) is 5.56 Å². The van der Waals surface area contributed by atoms with Crippen LogP contribution in [-0.2, 0) is 11.3 Å². The van der Waals surface area contributed by atoms with Gasteiger partial charge in [0.1, 0.15) is 17.5 Å². The molecule has 0 aliphatic carbocycles. The van der Waals surface area contributed by atoms with Crippen LogP contribution >= 0.6 is 11.8 Å². The average Bonchev–Trinajstić information content (AvgIpc) is 3.12. The average molecular weight is 371 g/mol. The Labute approximate surface area is 154 Å². The molecule has 134 valence electrons. The van der Waals surface area contributed by atoms with E-state index in [9.17, 15) is 4.79 Å². The van der Waals surface area contributed by atoms with E-state index in [1.54, 1.807) is 4.90 Å². The molecule has 0 saturated heterocycles. The van der Waals surface area contributed by atoms with Crippen LogP contribution in [0.25, 0.3) is 0 Å². The minimum absolute atomic E-state index is 0.0401. The third-order valence-electron chi connectivity index (χ3n) is 3.79. The van der Waals surface area contributed by atoms with Gasteiger partial charge in [-0.3, -0.25) is 4.79 Å². The first-order chi connectivity index (χ1) is 12.6. The molecule has 0 unspecified atom stereocenters. The largest absolute Gasteiger partial charge is 0.454 e. The van der Waals surface area contributed by atoms with Crippen LogP contribution in [0.15, 0.2) is 29.6 Å². The lowest BCUT2D eigenvalue weighted by Crippen LogP contribution is -2.31. The number of benzene rings is 1. The Bertz CT molecular complexity index is 868. The maximum absolute atomic E-state index is 12.5. The molecule has 26 heavy (non-hydrogen) atoms. The Balaban J connectivity index is 1.60. The van der Waals surface area contributed by atoms with Gasteiger partial charge in [-0.1, -0.05) is 17.8 Å². The van der Waals surface area contributed by atoms with Gasteiger partial charge in [-0.15, -0.1) is 0 Å². The second-order valence-electron chi connectivity index (χ2n) is 5.45. The number of nitriles is 1. The highest BCUT2D eigenvalue weighted by Crippen LogP contribution is 2.32. The number of carbonyl (C=O) groups is 1. The summed E-state index contributed by atoms with van der Waals surface area (Å²) in [6.07, 6.45) is 1.36. The first-order valence-corrected chi connectivity index (χ1v) is 8.91. The zero-order chi connectivity index (χ0) is 18.5. The SMILES string of the molecule is CCN(Cc1ccc2c(c1)OCO2)C(=O)CSc1ncc(C#N)c(N)n1. The van der Waals surface area contributed by atoms with E-state index in [1.807, 2.05) is 31.2 Å². The highest BCUT2D eigenvalue weighted by atomic mass is 32.2. The molecular formula is C17H17N5O3S. The quantitative estimate of drug-likeness (QED) is 0.604. The molecule has 1 aliphatic heterocycles. The molecule has 0 radical (unpaired) electrons. The van der Waals surface area contributed by atoms with Crippen LogP contribution in [0.1, 0.15) is 18.1 Å². The topological polar surface area (TPSA) is 114 Å². The van der Waals surface area contributed by atoms with E-state index in [1.165, 1.54) is 18.0 Å². The number of nitrogens with zero attached hydrogens (tertiary/aromatic N) is 4. The summed E-state index contributed by atoms with van der Waals surface area (Å²) >= 11 is 1.19. The number of fused-ring (bicyclic) bond motifs is 1. The van der Waals surface area contributed by atoms with Gasteiger partial charge in [0.25, 0.3) is 0 Å². The molecule has 0 atom stereocenters. The normalized spacial score (nSPS) is 11.8. The third-order valence-corrected chi connectivity index (χ3v) is 4.63. The molecule has 1 aromatic heterocycles. The lowest BCUT2D eigenvalue weighted by Gasteiger charge is -2.21. The van der Waals surface area contributed by atoms with E-state index in [4.69, 9.17) is 20.5 Å². The monoisotopic (exact) mass is 371 g/mol. The second-order valence-corrected chi connectivity index (χ2v) is 6.39. The summed E-state index contributed by atoms with van der Waals surface area (Å²) in [5.74, 6) is 1.67. The Morgan fingerprint density at radius 2 is 2.23 bits per heavy atom. The van der Waals surface area contributed by atoms with Crippen molar-refractivity contribution >= 4 is 23.5 Å². The van der Waals surface area contributed by atoms with Gasteiger partial charge in [-0.2, -0.15) is 5.26 Å². The predicted octanol–water partition coefficient (Wildman–Crippen LogP) is 1.80. The van der Waals surface area contributed by atoms with Crippen LogP contribution in [-0.4, -0.2) is 39.9 Å². The van der Waals surface area contributed by atoms with E-state index >= 15 is 0 Å². The van der Waals surface area contributed by atoms with Gasteiger partial charge >= 0.3 is 0 Å². The van der Waals surface area contributed by atoms with Crippen molar-refractivity contribution in [3.05, 3.63) is 35.5 Å². The number of hydrogen-bond acceptors (Lipinski definition) is 8. The fourth-order valence-electron chi connectivity index (χ4n) is 2.39. The molecule has 3 rings (SSSR count). The molecule has 0 bridgehead atoms. The van der Waals surface area contributed by atoms with Gasteiger partial charge in [-0.25, -0.2) is 9.97 Å². The molecule has 1 amide bonds. The third kappa shape index (κ3) is 3.97. The van der Waals surface area contributed by atoms with Gasteiger partial charge < -0.3 is 20.1 Å². The number of amides is 1. The smallest absolute Gasteiger partial charge is 0.233 e. The van der Waals surface area contributed by atoms with Crippen molar-refractivity contribution in [3.8, 4) is 17.6 Å². The number of nitrogens with two attached hydrogens (primary N) is 1. The molecule has 2 heterocycles. The molecule has 2 N–H and O–H groups in total. The van der Waals surface area contributed by atoms with E-state index in [2.05, 4.69) is 9.97 Å². The van der Waals surface area contributed by atoms with Crippen molar-refractivity contribution in [2.45, 2.75) is 18.6 Å². The number of ether oxygens (including phenoxy) is 2. The number of nitrogen functional groups attached to an aromatic ring is 1. The van der Waals surface area contributed by atoms with E-state index in [-0.39, 0.29) is 29.8 Å². The molecule has 1 aromatic carbocycles. The Kier molecular flexibility index (Phi) is 5.43. The Hall–Kier alpha value is -2.99. The van der Waals surface area contributed by atoms with Gasteiger partial charge in [0.2, 0.25) is 12.7 Å². The van der Waals surface area contributed by atoms with Crippen LogP contribution in [0, 0.1) is 11.3 Å². The van der Waals surface area contributed by atoms with Crippen LogP contribution in [0.3, 0.4) is 0 Å². The van der Waals surface area contributed by atoms with Crippen LogP contribution < -0.4 is 15.2 Å². The van der Waals surface area contributed by atoms with Crippen LogP contribution in [0.2, 0.25) is 0 Å². The summed E-state index contributed by atoms with van der Waals surface area (Å²) < 4.78 is 10.7. The molecular weight excluding hydrogens is 354 g/mol. The summed E-state index contributed by atoms with van der Waals surface area (Å²) in [7, 11) is 0. The maximum atomic E-state index is 12.5. The Morgan fingerprint density at radius 1 is 1.42 bits per heavy atom. The minimum Gasteiger partial charge on any atom is -0.454 e. The minimum atomic E-state index is -0.0401. The van der Waals surface area contributed by atoms with Crippen molar-refractivity contribution in [2.75, 3.05) is 24.8 Å². The van der Waals surface area contributed by atoms with Crippen molar-refractivity contribution in [1.82, 2.24) is 14.9 Å². The summed E-state index contributed by atoms with van der Waals surface area (Å²) in [6.45, 7) is 3.19. The fraction of sp³-hybridized carbons (Fsp3) is 0.294. The zero-order valence-corrected chi connectivity index (χ0v) is 15.0. The van der Waals surface area contributed by atoms with E-state index in [0.29, 0.717) is 29.7 Å². The maximum Gasteiger partial charge on any atom is 0.233 e. The molecule has 2 aromatic rings. The number of aromatic nitrogens is 2. The molecule has 8 nitrogen and oxygen atoms in total. The lowest BCUT2D eigenvalue weighted by atomic mass is 10.2. The second kappa shape index (κ2) is 7.93. The highest BCUT2D eigenvalue weighted by molar-refractivity contribution is 7.99. The molecule has 0 saturated carbocycles. The summed E-state index contributed by atoms with van der Waals surface area (Å²) in [5, 5.41) is 9.21. The molecule has 9 heteroatoms. The number of rotatable bonds is 6. The van der Waals surface area contributed by atoms with Crippen molar-refractivity contribution in [3.63, 3.8) is 0 Å². The Morgan fingerprint density at radius 3 is 2.96 bits per heavy atom. The van der Waals surface area contributed by atoms with Gasteiger partial charge in [0.05, 0.1) is 11.9 Å². The number of anilines is 1. The fourth-order valence-corrected chi connectivity index (χ4v) is 3.11. The van der Waals surface area contributed by atoms with E-state index < -0.39 is 0 Å². The lowest BCUT2D eigenvalue weighted by molar-refractivity contribution is -0.128. The van der Waals surface area contributed by atoms with Crippen LogP contribution in [0.5, 0.6) is 11.5 Å². The van der Waals surface area contributed by atoms with Gasteiger partial charge in [0.15, 0.2) is 16.7 Å². The molecule has 0 fully saturated rings. The van der Waals surface area contributed by atoms with Gasteiger partial charge in [-0.05, 0) is 24.6 Å². The highest BCUT2D eigenvalue weighted by Gasteiger charge is 2.17. The first kappa shape index (κ1) is 17.8. The summed E-state index contributed by atoms with van der Waals surface area (Å²) in [6, 6.07) is 7.55. The first-order valence-electron chi connectivity index (χ1n) is 7.92. The standard InChI is InChI=1S/C17H17N5O3S/c1-2-22(8-11-3-4-13-14(5-11)25-10-24-13)15(23)9-26-17-20-7-12(6-18)16(19)21-17/h3-5,7H,2,8-10H2,1H3,(H2,19,20,21). The summed E-state index contributed by atoms with van der Waals surface area (Å²) in [4.78, 5) is 22.3. The molecule has 0 spiro atoms.